The van der Waals surface area contributed by atoms with Crippen molar-refractivity contribution in [3.05, 3.63) is 35.7 Å². The lowest BCUT2D eigenvalue weighted by Gasteiger charge is -2.30. The number of amides is 1. The number of anilines is 4. The van der Waals surface area contributed by atoms with E-state index in [1.54, 1.807) is 4.90 Å². The van der Waals surface area contributed by atoms with Gasteiger partial charge >= 0.3 is 0 Å². The van der Waals surface area contributed by atoms with Gasteiger partial charge in [0.2, 0.25) is 11.2 Å². The molecule has 6 nitrogen and oxygen atoms in total. The molecule has 19 heavy (non-hydrogen) atoms. The third kappa shape index (κ3) is 2.06. The van der Waals surface area contributed by atoms with Crippen molar-refractivity contribution in [3.63, 3.8) is 0 Å². The molecule has 0 aliphatic carbocycles. The second-order valence-electron chi connectivity index (χ2n) is 4.07. The van der Waals surface area contributed by atoms with Gasteiger partial charge in [0.1, 0.15) is 6.54 Å². The predicted molar refractivity (Wildman–Crippen MR) is 73.5 cm³/mol. The molecule has 0 unspecified atom stereocenters. The minimum Gasteiger partial charge on any atom is -0.394 e. The highest BCUT2D eigenvalue weighted by Gasteiger charge is 2.25. The molecule has 1 aliphatic rings. The zero-order valence-corrected chi connectivity index (χ0v) is 10.6. The molecule has 0 atom stereocenters. The highest BCUT2D eigenvalue weighted by atomic mass is 35.5. The Hall–Kier alpha value is -2.34. The second-order valence-corrected chi connectivity index (χ2v) is 4.41. The molecule has 2 heterocycles. The summed E-state index contributed by atoms with van der Waals surface area (Å²) >= 11 is 5.79. The van der Waals surface area contributed by atoms with Crippen molar-refractivity contribution in [1.82, 2.24) is 9.97 Å². The lowest BCUT2D eigenvalue weighted by Crippen LogP contribution is -2.35. The predicted octanol–water partition coefficient (Wildman–Crippen LogP) is 1.80. The molecule has 96 valence electrons. The van der Waals surface area contributed by atoms with Crippen LogP contribution in [0.5, 0.6) is 0 Å². The molecule has 7 heteroatoms. The van der Waals surface area contributed by atoms with Crippen LogP contribution in [0.25, 0.3) is 0 Å². The Balaban J connectivity index is 2.15. The van der Waals surface area contributed by atoms with Gasteiger partial charge in [0, 0.05) is 0 Å². The lowest BCUT2D eigenvalue weighted by molar-refractivity contribution is -0.115. The molecule has 0 radical (unpaired) electrons. The SMILES string of the molecule is Nc1cnc(Cl)nc1N1CC(=O)Nc2ccccc21. The van der Waals surface area contributed by atoms with Crippen LogP contribution in [0.3, 0.4) is 0 Å². The first kappa shape index (κ1) is 11.7. The first-order chi connectivity index (χ1) is 9.15. The van der Waals surface area contributed by atoms with E-state index in [1.807, 2.05) is 24.3 Å². The average Bonchev–Trinajstić information content (AvgIpc) is 2.40. The number of nitrogens with zero attached hydrogens (tertiary/aromatic N) is 3. The number of rotatable bonds is 1. The van der Waals surface area contributed by atoms with Crippen LogP contribution in [0.1, 0.15) is 0 Å². The van der Waals surface area contributed by atoms with Crippen LogP contribution in [0, 0.1) is 0 Å². The molecule has 1 aromatic carbocycles. The molecule has 0 saturated carbocycles. The molecule has 2 aromatic rings. The van der Waals surface area contributed by atoms with Crippen LogP contribution in [0.2, 0.25) is 5.28 Å². The van der Waals surface area contributed by atoms with E-state index in [1.165, 1.54) is 6.20 Å². The van der Waals surface area contributed by atoms with Gasteiger partial charge in [-0.3, -0.25) is 4.79 Å². The van der Waals surface area contributed by atoms with Crippen molar-refractivity contribution in [2.75, 3.05) is 22.5 Å². The Bertz CT molecular complexity index is 660. The third-order valence-electron chi connectivity index (χ3n) is 2.79. The molecule has 1 aliphatic heterocycles. The van der Waals surface area contributed by atoms with E-state index in [2.05, 4.69) is 15.3 Å². The lowest BCUT2D eigenvalue weighted by atomic mass is 10.2. The van der Waals surface area contributed by atoms with Gasteiger partial charge in [-0.2, -0.15) is 4.98 Å². The summed E-state index contributed by atoms with van der Waals surface area (Å²) in [4.78, 5) is 21.4. The van der Waals surface area contributed by atoms with Crippen LogP contribution in [-0.2, 0) is 4.79 Å². The number of hydrogen-bond donors (Lipinski definition) is 2. The Kier molecular flexibility index (Phi) is 2.72. The number of nitrogens with one attached hydrogen (secondary N) is 1. The fraction of sp³-hybridized carbons (Fsp3) is 0.0833. The van der Waals surface area contributed by atoms with Crippen LogP contribution < -0.4 is 16.0 Å². The molecule has 0 fully saturated rings. The van der Waals surface area contributed by atoms with E-state index in [0.717, 1.165) is 5.69 Å². The van der Waals surface area contributed by atoms with Crippen molar-refractivity contribution in [2.45, 2.75) is 0 Å². The molecule has 3 N–H and O–H groups in total. The van der Waals surface area contributed by atoms with Crippen molar-refractivity contribution in [2.24, 2.45) is 0 Å². The van der Waals surface area contributed by atoms with Crippen LogP contribution in [-0.4, -0.2) is 22.4 Å². The number of nitrogens with two attached hydrogens (primary N) is 1. The topological polar surface area (TPSA) is 84.1 Å². The highest BCUT2D eigenvalue weighted by molar-refractivity contribution is 6.28. The number of carbonyl (C=O) groups excluding carboxylic acids is 1. The Labute approximate surface area is 114 Å². The summed E-state index contributed by atoms with van der Waals surface area (Å²) in [5.74, 6) is 0.301. The number of nitrogen functional groups attached to an aromatic ring is 1. The Morgan fingerprint density at radius 2 is 2.16 bits per heavy atom. The van der Waals surface area contributed by atoms with E-state index in [9.17, 15) is 4.79 Å². The van der Waals surface area contributed by atoms with Crippen molar-refractivity contribution in [1.29, 1.82) is 0 Å². The normalized spacial score (nSPS) is 13.9. The van der Waals surface area contributed by atoms with Crippen LogP contribution in [0.4, 0.5) is 22.9 Å². The zero-order chi connectivity index (χ0) is 13.4. The minimum atomic E-state index is -0.132. The largest absolute Gasteiger partial charge is 0.394 e. The fourth-order valence-corrected chi connectivity index (χ4v) is 2.13. The first-order valence-corrected chi connectivity index (χ1v) is 5.97. The maximum Gasteiger partial charge on any atom is 0.244 e. The number of halogens is 1. The van der Waals surface area contributed by atoms with Crippen molar-refractivity contribution < 1.29 is 4.79 Å². The molecule has 1 aromatic heterocycles. The zero-order valence-electron chi connectivity index (χ0n) is 9.80. The van der Waals surface area contributed by atoms with Crippen molar-refractivity contribution >= 4 is 40.4 Å². The number of hydrogen-bond acceptors (Lipinski definition) is 5. The standard InChI is InChI=1S/C12H10ClN5O/c13-12-15-5-7(14)11(17-12)18-6-10(19)16-8-3-1-2-4-9(8)18/h1-5H,6,14H2,(H,16,19). The van der Waals surface area contributed by atoms with Gasteiger partial charge in [0.25, 0.3) is 0 Å². The van der Waals surface area contributed by atoms with E-state index in [-0.39, 0.29) is 17.7 Å². The maximum atomic E-state index is 11.7. The van der Waals surface area contributed by atoms with E-state index >= 15 is 0 Å². The van der Waals surface area contributed by atoms with Crippen LogP contribution in [0.15, 0.2) is 30.5 Å². The van der Waals surface area contributed by atoms with Gasteiger partial charge < -0.3 is 16.0 Å². The molecule has 0 spiro atoms. The summed E-state index contributed by atoms with van der Waals surface area (Å²) in [7, 11) is 0. The van der Waals surface area contributed by atoms with Crippen molar-refractivity contribution in [3.8, 4) is 0 Å². The van der Waals surface area contributed by atoms with Crippen LogP contribution >= 0.6 is 11.6 Å². The van der Waals surface area contributed by atoms with Gasteiger partial charge in [-0.15, -0.1) is 0 Å². The fourth-order valence-electron chi connectivity index (χ4n) is 2.00. The van der Waals surface area contributed by atoms with E-state index < -0.39 is 0 Å². The second kappa shape index (κ2) is 4.40. The number of para-hydroxylation sites is 2. The summed E-state index contributed by atoms with van der Waals surface area (Å²) in [5, 5.41) is 2.89. The van der Waals surface area contributed by atoms with Gasteiger partial charge in [0.15, 0.2) is 5.82 Å². The van der Waals surface area contributed by atoms with Gasteiger partial charge in [0.05, 0.1) is 23.3 Å². The van der Waals surface area contributed by atoms with Gasteiger partial charge in [-0.25, -0.2) is 4.98 Å². The smallest absolute Gasteiger partial charge is 0.244 e. The summed E-state index contributed by atoms with van der Waals surface area (Å²) < 4.78 is 0. The number of benzene rings is 1. The Morgan fingerprint density at radius 3 is 3.00 bits per heavy atom. The molecular weight excluding hydrogens is 266 g/mol. The summed E-state index contributed by atoms with van der Waals surface area (Å²) in [6.07, 6.45) is 1.43. The van der Waals surface area contributed by atoms with Gasteiger partial charge in [-0.05, 0) is 23.7 Å². The van der Waals surface area contributed by atoms with E-state index in [0.29, 0.717) is 17.2 Å². The highest BCUT2D eigenvalue weighted by Crippen LogP contribution is 2.36. The summed E-state index contributed by atoms with van der Waals surface area (Å²) in [6.45, 7) is 0.133. The van der Waals surface area contributed by atoms with Gasteiger partial charge in [-0.1, -0.05) is 12.1 Å². The number of carbonyl (C=O) groups is 1. The first-order valence-electron chi connectivity index (χ1n) is 5.59. The molecule has 0 saturated heterocycles. The molecular formula is C12H10ClN5O. The average molecular weight is 276 g/mol. The molecule has 3 rings (SSSR count). The monoisotopic (exact) mass is 275 g/mol. The minimum absolute atomic E-state index is 0.0904. The quantitative estimate of drug-likeness (QED) is 0.775. The molecule has 1 amide bonds. The Morgan fingerprint density at radius 1 is 1.37 bits per heavy atom. The molecule has 0 bridgehead atoms. The number of aromatic nitrogens is 2. The third-order valence-corrected chi connectivity index (χ3v) is 2.97. The maximum absolute atomic E-state index is 11.7. The summed E-state index contributed by atoms with van der Waals surface area (Å²) in [5.41, 5.74) is 7.77. The summed E-state index contributed by atoms with van der Waals surface area (Å²) in [6, 6.07) is 7.42. The number of fused-ring (bicyclic) bond motifs is 1. The van der Waals surface area contributed by atoms with E-state index in [4.69, 9.17) is 17.3 Å².